The van der Waals surface area contributed by atoms with Crippen LogP contribution in [-0.4, -0.2) is 29.5 Å². The van der Waals surface area contributed by atoms with Crippen LogP contribution in [0.5, 0.6) is 0 Å². The summed E-state index contributed by atoms with van der Waals surface area (Å²) in [6.45, 7) is 3.76. The van der Waals surface area contributed by atoms with E-state index in [9.17, 15) is 4.79 Å². The van der Waals surface area contributed by atoms with Crippen molar-refractivity contribution in [3.8, 4) is 0 Å². The molecule has 82 valence electrons. The maximum absolute atomic E-state index is 10.7. The number of aliphatic carboxylic acids is 1. The third-order valence-electron chi connectivity index (χ3n) is 2.12. The predicted octanol–water partition coefficient (Wildman–Crippen LogP) is 0.897. The average molecular weight is 203 g/mol. The Hall–Kier alpha value is -0.650. The monoisotopic (exact) mass is 203 g/mol. The summed E-state index contributed by atoms with van der Waals surface area (Å²) in [5.74, 6) is -0.951. The summed E-state index contributed by atoms with van der Waals surface area (Å²) in [4.78, 5) is 15.9. The van der Waals surface area contributed by atoms with E-state index in [0.717, 1.165) is 19.3 Å². The summed E-state index contributed by atoms with van der Waals surface area (Å²) in [5.41, 5.74) is 1.42. The number of hydroxylamine groups is 1. The second kappa shape index (κ2) is 4.72. The van der Waals surface area contributed by atoms with E-state index in [-0.39, 0.29) is 6.29 Å². The first-order valence-corrected chi connectivity index (χ1v) is 4.80. The minimum Gasteiger partial charge on any atom is -0.480 e. The van der Waals surface area contributed by atoms with Gasteiger partial charge in [0.25, 0.3) is 0 Å². The summed E-state index contributed by atoms with van der Waals surface area (Å²) < 4.78 is 5.28. The number of nitrogens with one attached hydrogen (secondary N) is 1. The first kappa shape index (κ1) is 11.4. The fourth-order valence-electron chi connectivity index (χ4n) is 1.06. The van der Waals surface area contributed by atoms with Gasteiger partial charge in [0.2, 0.25) is 0 Å². The molecule has 5 nitrogen and oxygen atoms in total. The molecule has 0 aromatic heterocycles. The molecular formula is C9H17NO4. The smallest absolute Gasteiger partial charge is 0.325 e. The second-order valence-corrected chi connectivity index (χ2v) is 3.95. The van der Waals surface area contributed by atoms with Gasteiger partial charge in [0.15, 0.2) is 6.29 Å². The summed E-state index contributed by atoms with van der Waals surface area (Å²) in [7, 11) is 0. The van der Waals surface area contributed by atoms with Gasteiger partial charge in [-0.15, -0.1) is 0 Å². The van der Waals surface area contributed by atoms with Crippen LogP contribution >= 0.6 is 0 Å². The van der Waals surface area contributed by atoms with Crippen molar-refractivity contribution >= 4 is 5.97 Å². The number of ether oxygens (including phenoxy) is 1. The summed E-state index contributed by atoms with van der Waals surface area (Å²) in [6.07, 6.45) is 2.59. The fraction of sp³-hybridized carbons (Fsp3) is 0.889. The fourth-order valence-corrected chi connectivity index (χ4v) is 1.06. The van der Waals surface area contributed by atoms with E-state index in [4.69, 9.17) is 14.7 Å². The lowest BCUT2D eigenvalue weighted by atomic mass is 10.1. The van der Waals surface area contributed by atoms with E-state index < -0.39 is 11.5 Å². The second-order valence-electron chi connectivity index (χ2n) is 3.95. The van der Waals surface area contributed by atoms with Gasteiger partial charge < -0.3 is 9.84 Å². The third kappa shape index (κ3) is 3.25. The van der Waals surface area contributed by atoms with Crippen molar-refractivity contribution < 1.29 is 19.5 Å². The molecule has 0 aromatic rings. The molecule has 1 unspecified atom stereocenters. The molecule has 0 radical (unpaired) electrons. The van der Waals surface area contributed by atoms with Gasteiger partial charge in [-0.1, -0.05) is 0 Å². The summed E-state index contributed by atoms with van der Waals surface area (Å²) in [6, 6.07) is 0. The molecule has 0 aliphatic carbocycles. The first-order valence-electron chi connectivity index (χ1n) is 4.80. The zero-order valence-electron chi connectivity index (χ0n) is 8.58. The number of hydrogen-bond donors (Lipinski definition) is 2. The van der Waals surface area contributed by atoms with E-state index in [1.165, 1.54) is 13.8 Å². The highest BCUT2D eigenvalue weighted by Gasteiger charge is 2.28. The molecule has 1 saturated heterocycles. The molecule has 1 heterocycles. The van der Waals surface area contributed by atoms with Gasteiger partial charge in [0.1, 0.15) is 5.54 Å². The maximum Gasteiger partial charge on any atom is 0.325 e. The van der Waals surface area contributed by atoms with Crippen LogP contribution < -0.4 is 5.48 Å². The molecule has 2 N–H and O–H groups in total. The molecule has 1 aliphatic heterocycles. The minimum atomic E-state index is -1.08. The Morgan fingerprint density at radius 2 is 2.29 bits per heavy atom. The van der Waals surface area contributed by atoms with Crippen LogP contribution in [-0.2, 0) is 14.4 Å². The molecular weight excluding hydrogens is 186 g/mol. The van der Waals surface area contributed by atoms with Gasteiger partial charge >= 0.3 is 5.97 Å². The van der Waals surface area contributed by atoms with Gasteiger partial charge in [-0.05, 0) is 26.7 Å². The highest BCUT2D eigenvalue weighted by molar-refractivity contribution is 5.77. The lowest BCUT2D eigenvalue weighted by molar-refractivity contribution is -0.214. The molecule has 1 aliphatic rings. The van der Waals surface area contributed by atoms with Crippen molar-refractivity contribution in [1.29, 1.82) is 0 Å². The standard InChI is InChI=1S/C9H17NO4/c1-9(2,8(11)12)10-14-7-5-3-4-6-13-7/h7,10H,3-6H2,1-2H3,(H,11,12). The van der Waals surface area contributed by atoms with E-state index >= 15 is 0 Å². The number of carboxylic acids is 1. The quantitative estimate of drug-likeness (QED) is 0.664. The van der Waals surface area contributed by atoms with Crippen LogP contribution in [0.3, 0.4) is 0 Å². The highest BCUT2D eigenvalue weighted by Crippen LogP contribution is 2.14. The Labute approximate surface area is 83.3 Å². The maximum atomic E-state index is 10.7. The number of carboxylic acid groups (broad SMARTS) is 1. The van der Waals surface area contributed by atoms with Crippen LogP contribution in [0, 0.1) is 0 Å². The van der Waals surface area contributed by atoms with Crippen LogP contribution in [0.15, 0.2) is 0 Å². The number of hydrogen-bond acceptors (Lipinski definition) is 4. The number of carbonyl (C=O) groups is 1. The molecule has 0 amide bonds. The molecule has 0 saturated carbocycles. The van der Waals surface area contributed by atoms with Gasteiger partial charge in [0, 0.05) is 13.0 Å². The largest absolute Gasteiger partial charge is 0.480 e. The van der Waals surface area contributed by atoms with E-state index in [1.807, 2.05) is 0 Å². The van der Waals surface area contributed by atoms with Crippen LogP contribution in [0.2, 0.25) is 0 Å². The number of rotatable bonds is 4. The van der Waals surface area contributed by atoms with Gasteiger partial charge in [0.05, 0.1) is 0 Å². The van der Waals surface area contributed by atoms with Crippen molar-refractivity contribution in [2.45, 2.75) is 44.9 Å². The summed E-state index contributed by atoms with van der Waals surface area (Å²) in [5, 5.41) is 8.79. The molecule has 0 aromatic carbocycles. The zero-order chi connectivity index (χ0) is 10.6. The van der Waals surface area contributed by atoms with Crippen molar-refractivity contribution in [2.75, 3.05) is 6.61 Å². The molecule has 1 atom stereocenters. The van der Waals surface area contributed by atoms with Crippen molar-refractivity contribution in [2.24, 2.45) is 0 Å². The summed E-state index contributed by atoms with van der Waals surface area (Å²) >= 11 is 0. The highest BCUT2D eigenvalue weighted by atomic mass is 16.8. The Morgan fingerprint density at radius 1 is 1.57 bits per heavy atom. The Balaban J connectivity index is 2.28. The van der Waals surface area contributed by atoms with E-state index in [0.29, 0.717) is 6.61 Å². The van der Waals surface area contributed by atoms with Crippen molar-refractivity contribution in [3.05, 3.63) is 0 Å². The molecule has 0 spiro atoms. The SMILES string of the molecule is CC(C)(NOC1CCCCO1)C(=O)O. The minimum absolute atomic E-state index is 0.317. The molecule has 5 heteroatoms. The van der Waals surface area contributed by atoms with Gasteiger partial charge in [-0.3, -0.25) is 9.63 Å². The third-order valence-corrected chi connectivity index (χ3v) is 2.12. The van der Waals surface area contributed by atoms with E-state index in [2.05, 4.69) is 5.48 Å². The molecule has 0 bridgehead atoms. The normalized spacial score (nSPS) is 23.4. The molecule has 1 rings (SSSR count). The molecule has 1 fully saturated rings. The Bertz CT molecular complexity index is 199. The average Bonchev–Trinajstić information content (AvgIpc) is 2.16. The topological polar surface area (TPSA) is 67.8 Å². The Morgan fingerprint density at radius 3 is 2.79 bits per heavy atom. The van der Waals surface area contributed by atoms with Crippen LogP contribution in [0.1, 0.15) is 33.1 Å². The van der Waals surface area contributed by atoms with E-state index in [1.54, 1.807) is 0 Å². The van der Waals surface area contributed by atoms with Crippen LogP contribution in [0.4, 0.5) is 0 Å². The van der Waals surface area contributed by atoms with Gasteiger partial charge in [-0.2, -0.15) is 5.48 Å². The first-order chi connectivity index (χ1) is 6.52. The Kier molecular flexibility index (Phi) is 3.86. The van der Waals surface area contributed by atoms with Crippen molar-refractivity contribution in [1.82, 2.24) is 5.48 Å². The zero-order valence-corrected chi connectivity index (χ0v) is 8.58. The van der Waals surface area contributed by atoms with Crippen LogP contribution in [0.25, 0.3) is 0 Å². The van der Waals surface area contributed by atoms with Gasteiger partial charge in [-0.25, -0.2) is 0 Å². The lowest BCUT2D eigenvalue weighted by Crippen LogP contribution is -2.48. The molecule has 14 heavy (non-hydrogen) atoms. The lowest BCUT2D eigenvalue weighted by Gasteiger charge is -2.27. The van der Waals surface area contributed by atoms with Crippen molar-refractivity contribution in [3.63, 3.8) is 0 Å². The predicted molar refractivity (Wildman–Crippen MR) is 49.5 cm³/mol.